The number of methoxy groups -OCH3 is 1. The zero-order chi connectivity index (χ0) is 13.9. The molecule has 0 aliphatic heterocycles. The van der Waals surface area contributed by atoms with Gasteiger partial charge in [0, 0.05) is 5.02 Å². The number of benzene rings is 1. The number of alkyl halides is 3. The summed E-state index contributed by atoms with van der Waals surface area (Å²) < 4.78 is 42.6. The van der Waals surface area contributed by atoms with E-state index >= 15 is 0 Å². The average molecular weight is 281 g/mol. The van der Waals surface area contributed by atoms with Crippen LogP contribution in [0.5, 0.6) is 0 Å². The first kappa shape index (κ1) is 14.8. The van der Waals surface area contributed by atoms with Crippen molar-refractivity contribution in [3.8, 4) is 0 Å². The molecule has 1 aromatic carbocycles. The Morgan fingerprint density at radius 2 is 1.78 bits per heavy atom. The number of halogens is 4. The van der Waals surface area contributed by atoms with E-state index in [2.05, 4.69) is 4.74 Å². The molecule has 0 unspecified atom stereocenters. The molecule has 0 bridgehead atoms. The smallest absolute Gasteiger partial charge is 0.392 e. The third kappa shape index (κ3) is 3.38. The first-order valence-electron chi connectivity index (χ1n) is 5.17. The summed E-state index contributed by atoms with van der Waals surface area (Å²) in [5, 5.41) is 0.391. The molecule has 6 heteroatoms. The molecule has 100 valence electrons. The van der Waals surface area contributed by atoms with Crippen molar-refractivity contribution in [2.75, 3.05) is 7.11 Å². The van der Waals surface area contributed by atoms with Gasteiger partial charge in [0.1, 0.15) is 0 Å². The Hall–Kier alpha value is -1.23. The van der Waals surface area contributed by atoms with E-state index in [-0.39, 0.29) is 5.56 Å². The van der Waals surface area contributed by atoms with Gasteiger partial charge in [0.05, 0.1) is 18.9 Å². The number of ether oxygens (including phenoxy) is 1. The molecule has 0 saturated heterocycles. The Morgan fingerprint density at radius 1 is 1.28 bits per heavy atom. The van der Waals surface area contributed by atoms with Gasteiger partial charge in [0.15, 0.2) is 0 Å². The highest BCUT2D eigenvalue weighted by atomic mass is 35.5. The summed E-state index contributed by atoms with van der Waals surface area (Å²) in [6.07, 6.45) is -4.47. The lowest BCUT2D eigenvalue weighted by molar-refractivity contribution is -0.184. The molecule has 2 nitrogen and oxygen atoms in total. The topological polar surface area (TPSA) is 26.3 Å². The quantitative estimate of drug-likeness (QED) is 0.787. The van der Waals surface area contributed by atoms with E-state index in [1.54, 1.807) is 0 Å². The van der Waals surface area contributed by atoms with Crippen LogP contribution in [0.25, 0.3) is 0 Å². The number of carbonyl (C=O) groups excluding carboxylic acids is 1. The number of rotatable bonds is 3. The summed E-state index contributed by atoms with van der Waals surface area (Å²) >= 11 is 5.66. The lowest BCUT2D eigenvalue weighted by Crippen LogP contribution is -2.31. The summed E-state index contributed by atoms with van der Waals surface area (Å²) in [5.41, 5.74) is 0.232. The van der Waals surface area contributed by atoms with Crippen LogP contribution in [0.3, 0.4) is 0 Å². The van der Waals surface area contributed by atoms with Crippen molar-refractivity contribution in [1.82, 2.24) is 0 Å². The van der Waals surface area contributed by atoms with Crippen molar-refractivity contribution in [3.05, 3.63) is 34.9 Å². The fourth-order valence-electron chi connectivity index (χ4n) is 1.61. The Bertz CT molecular complexity index is 414. The van der Waals surface area contributed by atoms with E-state index < -0.39 is 24.0 Å². The maximum absolute atomic E-state index is 12.7. The third-order valence-electron chi connectivity index (χ3n) is 2.70. The Morgan fingerprint density at radius 3 is 2.17 bits per heavy atom. The highest BCUT2D eigenvalue weighted by Crippen LogP contribution is 2.38. The highest BCUT2D eigenvalue weighted by Gasteiger charge is 2.45. The molecule has 0 heterocycles. The van der Waals surface area contributed by atoms with E-state index in [0.29, 0.717) is 5.02 Å². The molecule has 0 fully saturated rings. The fourth-order valence-corrected chi connectivity index (χ4v) is 1.74. The van der Waals surface area contributed by atoms with Crippen LogP contribution in [0, 0.1) is 5.92 Å². The van der Waals surface area contributed by atoms with Crippen molar-refractivity contribution >= 4 is 17.6 Å². The SMILES string of the molecule is COC(=O)[C@@H](c1ccc(Cl)cc1)[C@H](C)C(F)(F)F. The average Bonchev–Trinajstić information content (AvgIpc) is 2.30. The fraction of sp³-hybridized carbons (Fsp3) is 0.417. The molecule has 18 heavy (non-hydrogen) atoms. The zero-order valence-electron chi connectivity index (χ0n) is 9.79. The molecule has 1 rings (SSSR count). The van der Waals surface area contributed by atoms with Crippen LogP contribution in [-0.4, -0.2) is 19.3 Å². The zero-order valence-corrected chi connectivity index (χ0v) is 10.5. The largest absolute Gasteiger partial charge is 0.469 e. The molecular formula is C12H12ClF3O2. The molecule has 0 N–H and O–H groups in total. The molecule has 0 spiro atoms. The molecule has 0 radical (unpaired) electrons. The van der Waals surface area contributed by atoms with Crippen molar-refractivity contribution in [2.45, 2.75) is 19.0 Å². The van der Waals surface area contributed by atoms with Crippen LogP contribution >= 0.6 is 11.6 Å². The predicted molar refractivity (Wildman–Crippen MR) is 61.4 cm³/mol. The molecule has 0 aliphatic carbocycles. The van der Waals surface area contributed by atoms with E-state index in [9.17, 15) is 18.0 Å². The maximum Gasteiger partial charge on any atom is 0.392 e. The number of hydrogen-bond donors (Lipinski definition) is 0. The summed E-state index contributed by atoms with van der Waals surface area (Å²) in [6, 6.07) is 5.67. The van der Waals surface area contributed by atoms with Gasteiger partial charge in [-0.15, -0.1) is 0 Å². The minimum Gasteiger partial charge on any atom is -0.469 e. The second kappa shape index (κ2) is 5.61. The van der Waals surface area contributed by atoms with E-state index in [4.69, 9.17) is 11.6 Å². The molecular weight excluding hydrogens is 269 g/mol. The molecule has 0 aliphatic rings. The van der Waals surface area contributed by atoms with Crippen LogP contribution in [0.2, 0.25) is 5.02 Å². The van der Waals surface area contributed by atoms with Crippen LogP contribution < -0.4 is 0 Å². The van der Waals surface area contributed by atoms with Gasteiger partial charge in [-0.1, -0.05) is 30.7 Å². The van der Waals surface area contributed by atoms with E-state index in [1.165, 1.54) is 24.3 Å². The van der Waals surface area contributed by atoms with Gasteiger partial charge in [-0.25, -0.2) is 0 Å². The summed E-state index contributed by atoms with van der Waals surface area (Å²) in [4.78, 5) is 11.5. The van der Waals surface area contributed by atoms with Crippen LogP contribution in [0.4, 0.5) is 13.2 Å². The summed E-state index contributed by atoms with van der Waals surface area (Å²) in [7, 11) is 1.06. The molecule has 2 atom stereocenters. The summed E-state index contributed by atoms with van der Waals surface area (Å²) in [5.74, 6) is -4.12. The summed E-state index contributed by atoms with van der Waals surface area (Å²) in [6.45, 7) is 0.955. The third-order valence-corrected chi connectivity index (χ3v) is 2.95. The second-order valence-electron chi connectivity index (χ2n) is 3.88. The van der Waals surface area contributed by atoms with Crippen molar-refractivity contribution in [3.63, 3.8) is 0 Å². The van der Waals surface area contributed by atoms with Gasteiger partial charge in [0.2, 0.25) is 0 Å². The minimum atomic E-state index is -4.47. The van der Waals surface area contributed by atoms with Gasteiger partial charge >= 0.3 is 12.1 Å². The van der Waals surface area contributed by atoms with E-state index in [0.717, 1.165) is 14.0 Å². The van der Waals surface area contributed by atoms with Crippen molar-refractivity contribution in [2.24, 2.45) is 5.92 Å². The lowest BCUT2D eigenvalue weighted by atomic mass is 9.87. The second-order valence-corrected chi connectivity index (χ2v) is 4.32. The van der Waals surface area contributed by atoms with Gasteiger partial charge in [0.25, 0.3) is 0 Å². The van der Waals surface area contributed by atoms with Crippen LogP contribution in [-0.2, 0) is 9.53 Å². The van der Waals surface area contributed by atoms with Crippen molar-refractivity contribution in [1.29, 1.82) is 0 Å². The van der Waals surface area contributed by atoms with E-state index in [1.807, 2.05) is 0 Å². The van der Waals surface area contributed by atoms with Gasteiger partial charge in [-0.3, -0.25) is 4.79 Å². The van der Waals surface area contributed by atoms with Crippen molar-refractivity contribution < 1.29 is 22.7 Å². The standard InChI is InChI=1S/C12H12ClF3O2/c1-7(12(14,15)16)10(11(17)18-2)8-3-5-9(13)6-4-8/h3-7,10H,1-2H3/t7-,10+/m0/s1. The first-order chi connectivity index (χ1) is 8.27. The van der Waals surface area contributed by atoms with Gasteiger partial charge in [-0.05, 0) is 17.7 Å². The number of hydrogen-bond acceptors (Lipinski definition) is 2. The Balaban J connectivity index is 3.14. The Kier molecular flexibility index (Phi) is 4.62. The van der Waals surface area contributed by atoms with Crippen LogP contribution in [0.15, 0.2) is 24.3 Å². The molecule has 1 aromatic rings. The Labute approximate surface area is 108 Å². The predicted octanol–water partition coefficient (Wildman–Crippen LogP) is 3.80. The molecule has 0 aromatic heterocycles. The van der Waals surface area contributed by atoms with Gasteiger partial charge in [-0.2, -0.15) is 13.2 Å². The molecule has 0 amide bonds. The van der Waals surface area contributed by atoms with Crippen LogP contribution in [0.1, 0.15) is 18.4 Å². The lowest BCUT2D eigenvalue weighted by Gasteiger charge is -2.24. The number of esters is 1. The first-order valence-corrected chi connectivity index (χ1v) is 5.55. The number of carbonyl (C=O) groups is 1. The van der Waals surface area contributed by atoms with Gasteiger partial charge < -0.3 is 4.74 Å². The normalized spacial score (nSPS) is 15.0. The minimum absolute atomic E-state index is 0.232. The highest BCUT2D eigenvalue weighted by molar-refractivity contribution is 6.30. The monoisotopic (exact) mass is 280 g/mol. The maximum atomic E-state index is 12.7. The molecule has 0 saturated carbocycles.